The van der Waals surface area contributed by atoms with Crippen LogP contribution in [0.15, 0.2) is 12.1 Å². The number of benzene rings is 1. The van der Waals surface area contributed by atoms with Crippen LogP contribution in [-0.2, 0) is 11.4 Å². The molecule has 0 aromatic heterocycles. The Morgan fingerprint density at radius 1 is 1.32 bits per heavy atom. The van der Waals surface area contributed by atoms with E-state index in [4.69, 9.17) is 4.74 Å². The van der Waals surface area contributed by atoms with E-state index in [1.807, 2.05) is 20.8 Å². The van der Waals surface area contributed by atoms with Crippen molar-refractivity contribution in [2.24, 2.45) is 0 Å². The molecule has 1 aliphatic heterocycles. The third kappa shape index (κ3) is 2.85. The van der Waals surface area contributed by atoms with Crippen LogP contribution in [0.1, 0.15) is 32.4 Å². The zero-order valence-electron chi connectivity index (χ0n) is 11.4. The number of methoxy groups -OCH3 is 1. The minimum absolute atomic E-state index is 0.0293. The van der Waals surface area contributed by atoms with E-state index in [1.54, 1.807) is 4.31 Å². The van der Waals surface area contributed by atoms with E-state index in [-0.39, 0.29) is 11.3 Å². The van der Waals surface area contributed by atoms with E-state index < -0.39 is 33.8 Å². The predicted octanol–water partition coefficient (Wildman–Crippen LogP) is 2.79. The van der Waals surface area contributed by atoms with Crippen molar-refractivity contribution in [2.75, 3.05) is 13.7 Å². The zero-order chi connectivity index (χ0) is 14.4. The molecule has 19 heavy (non-hydrogen) atoms. The first-order valence-corrected chi connectivity index (χ1v) is 7.08. The Hall–Kier alpha value is -0.850. The van der Waals surface area contributed by atoms with Crippen molar-refractivity contribution in [3.63, 3.8) is 0 Å². The molecule has 0 saturated carbocycles. The van der Waals surface area contributed by atoms with Gasteiger partial charge in [-0.25, -0.2) is 8.78 Å². The van der Waals surface area contributed by atoms with Crippen molar-refractivity contribution in [3.8, 4) is 5.75 Å². The maximum atomic E-state index is 13.9. The second-order valence-electron chi connectivity index (χ2n) is 5.48. The van der Waals surface area contributed by atoms with Gasteiger partial charge in [-0.3, -0.25) is 0 Å². The first-order valence-electron chi connectivity index (χ1n) is 5.97. The molecule has 0 bridgehead atoms. The number of hydrogen-bond donors (Lipinski definition) is 0. The van der Waals surface area contributed by atoms with Crippen LogP contribution in [0.3, 0.4) is 0 Å². The van der Waals surface area contributed by atoms with Crippen LogP contribution in [0.4, 0.5) is 8.78 Å². The van der Waals surface area contributed by atoms with Crippen molar-refractivity contribution in [1.82, 2.24) is 4.31 Å². The first-order chi connectivity index (χ1) is 8.75. The molecule has 0 spiro atoms. The molecule has 1 saturated heterocycles. The van der Waals surface area contributed by atoms with Gasteiger partial charge in [-0.15, -0.1) is 4.31 Å². The Bertz CT molecular complexity index is 467. The lowest BCUT2D eigenvalue weighted by molar-refractivity contribution is 0.404. The van der Waals surface area contributed by atoms with Gasteiger partial charge in [0.15, 0.2) is 0 Å². The predicted molar refractivity (Wildman–Crippen MR) is 70.3 cm³/mol. The van der Waals surface area contributed by atoms with E-state index in [0.717, 1.165) is 12.1 Å². The molecule has 1 aromatic carbocycles. The van der Waals surface area contributed by atoms with Gasteiger partial charge in [-0.1, -0.05) is 0 Å². The molecule has 0 amide bonds. The standard InChI is InChI=1S/C13H17F2NO2S/c1-13(2,3)19(17)16-7-11(16)12-9(14)5-8(18-4)6-10(12)15/h5-6,11H,7H2,1-4H3/t11-,16?,19?/m1/s1. The van der Waals surface area contributed by atoms with Gasteiger partial charge in [0.25, 0.3) is 0 Å². The SMILES string of the molecule is COc1cc(F)c([C@H]2CN2[S+]([O-])C(C)(C)C)c(F)c1. The second kappa shape index (κ2) is 4.92. The summed E-state index contributed by atoms with van der Waals surface area (Å²) in [4.78, 5) is 0. The smallest absolute Gasteiger partial charge is 0.137 e. The number of halogens is 2. The molecule has 1 fully saturated rings. The number of ether oxygens (including phenoxy) is 1. The Morgan fingerprint density at radius 3 is 2.26 bits per heavy atom. The summed E-state index contributed by atoms with van der Waals surface area (Å²) >= 11 is -1.26. The summed E-state index contributed by atoms with van der Waals surface area (Å²) in [5, 5.41) is 0. The number of rotatable bonds is 3. The molecular formula is C13H17F2NO2S. The fraction of sp³-hybridized carbons (Fsp3) is 0.538. The van der Waals surface area contributed by atoms with E-state index in [1.165, 1.54) is 7.11 Å². The second-order valence-corrected chi connectivity index (χ2v) is 7.67. The van der Waals surface area contributed by atoms with Crippen LogP contribution >= 0.6 is 0 Å². The summed E-state index contributed by atoms with van der Waals surface area (Å²) in [6, 6.07) is 1.84. The van der Waals surface area contributed by atoms with Crippen molar-refractivity contribution in [1.29, 1.82) is 0 Å². The monoisotopic (exact) mass is 289 g/mol. The lowest BCUT2D eigenvalue weighted by atomic mass is 10.1. The van der Waals surface area contributed by atoms with Gasteiger partial charge in [-0.05, 0) is 20.8 Å². The minimum Gasteiger partial charge on any atom is -0.597 e. The molecule has 6 heteroatoms. The summed E-state index contributed by atoms with van der Waals surface area (Å²) in [6.07, 6.45) is 0. The Morgan fingerprint density at radius 2 is 1.84 bits per heavy atom. The Balaban J connectivity index is 2.22. The molecule has 2 unspecified atom stereocenters. The topological polar surface area (TPSA) is 35.3 Å². The zero-order valence-corrected chi connectivity index (χ0v) is 12.2. The summed E-state index contributed by atoms with van der Waals surface area (Å²) in [6.45, 7) is 5.90. The molecule has 106 valence electrons. The molecule has 0 N–H and O–H groups in total. The van der Waals surface area contributed by atoms with Crippen LogP contribution < -0.4 is 4.74 Å². The highest BCUT2D eigenvalue weighted by Gasteiger charge is 2.51. The summed E-state index contributed by atoms with van der Waals surface area (Å²) in [5.74, 6) is -1.17. The van der Waals surface area contributed by atoms with Gasteiger partial charge in [0.1, 0.15) is 28.2 Å². The third-order valence-electron chi connectivity index (χ3n) is 2.93. The average molecular weight is 289 g/mol. The maximum absolute atomic E-state index is 13.9. The van der Waals surface area contributed by atoms with Gasteiger partial charge in [0, 0.05) is 29.1 Å². The third-order valence-corrected chi connectivity index (χ3v) is 4.80. The van der Waals surface area contributed by atoms with E-state index in [9.17, 15) is 13.3 Å². The molecule has 1 aliphatic rings. The van der Waals surface area contributed by atoms with Crippen LogP contribution in [0.25, 0.3) is 0 Å². The molecular weight excluding hydrogens is 272 g/mol. The summed E-state index contributed by atoms with van der Waals surface area (Å²) < 4.78 is 45.8. The Kier molecular flexibility index (Phi) is 3.77. The van der Waals surface area contributed by atoms with E-state index in [0.29, 0.717) is 6.54 Å². The highest BCUT2D eigenvalue weighted by Crippen LogP contribution is 2.44. The molecule has 1 heterocycles. The molecule has 0 aliphatic carbocycles. The van der Waals surface area contributed by atoms with E-state index >= 15 is 0 Å². The number of nitrogens with zero attached hydrogens (tertiary/aromatic N) is 1. The maximum Gasteiger partial charge on any atom is 0.137 e. The average Bonchev–Trinajstić information content (AvgIpc) is 3.05. The molecule has 0 radical (unpaired) electrons. The largest absolute Gasteiger partial charge is 0.597 e. The van der Waals surface area contributed by atoms with Crippen molar-refractivity contribution < 1.29 is 18.1 Å². The quantitative estimate of drug-likeness (QED) is 0.634. The lowest BCUT2D eigenvalue weighted by Crippen LogP contribution is -2.33. The molecule has 1 aromatic rings. The highest BCUT2D eigenvalue weighted by molar-refractivity contribution is 7.90. The van der Waals surface area contributed by atoms with Crippen molar-refractivity contribution in [2.45, 2.75) is 31.6 Å². The highest BCUT2D eigenvalue weighted by atomic mass is 32.2. The lowest BCUT2D eigenvalue weighted by Gasteiger charge is -2.24. The van der Waals surface area contributed by atoms with E-state index in [2.05, 4.69) is 0 Å². The van der Waals surface area contributed by atoms with Gasteiger partial charge in [0.05, 0.1) is 13.7 Å². The summed E-state index contributed by atoms with van der Waals surface area (Å²) in [7, 11) is 1.35. The van der Waals surface area contributed by atoms with Crippen LogP contribution in [-0.4, -0.2) is 27.3 Å². The molecule has 3 nitrogen and oxygen atoms in total. The fourth-order valence-electron chi connectivity index (χ4n) is 1.89. The molecule has 3 atom stereocenters. The van der Waals surface area contributed by atoms with Gasteiger partial charge >= 0.3 is 0 Å². The fourth-order valence-corrected chi connectivity index (χ4v) is 3.21. The number of hydrogen-bond acceptors (Lipinski definition) is 3. The van der Waals surface area contributed by atoms with Crippen LogP contribution in [0.5, 0.6) is 5.75 Å². The van der Waals surface area contributed by atoms with Gasteiger partial charge < -0.3 is 9.29 Å². The van der Waals surface area contributed by atoms with Crippen molar-refractivity contribution in [3.05, 3.63) is 29.3 Å². The van der Waals surface area contributed by atoms with Crippen LogP contribution in [0, 0.1) is 11.6 Å². The van der Waals surface area contributed by atoms with Crippen molar-refractivity contribution >= 4 is 11.4 Å². The summed E-state index contributed by atoms with van der Waals surface area (Å²) in [5.41, 5.74) is -0.0293. The normalized spacial score (nSPS) is 24.2. The molecule has 2 rings (SSSR count). The first kappa shape index (κ1) is 14.6. The Labute approximate surface area is 114 Å². The van der Waals surface area contributed by atoms with Gasteiger partial charge in [0.2, 0.25) is 0 Å². The van der Waals surface area contributed by atoms with Gasteiger partial charge in [-0.2, -0.15) is 0 Å². The minimum atomic E-state index is -1.26. The van der Waals surface area contributed by atoms with Crippen LogP contribution in [0.2, 0.25) is 0 Å².